The molecule has 23 heavy (non-hydrogen) atoms. The van der Waals surface area contributed by atoms with Gasteiger partial charge in [-0.25, -0.2) is 0 Å². The minimum Gasteiger partial charge on any atom is -0.495 e. The number of nitrogens with zero attached hydrogens (tertiary/aromatic N) is 3. The van der Waals surface area contributed by atoms with Gasteiger partial charge in [0.15, 0.2) is 11.0 Å². The molecule has 0 atom stereocenters. The van der Waals surface area contributed by atoms with Crippen molar-refractivity contribution < 1.29 is 4.74 Å². The molecule has 3 rings (SSSR count). The van der Waals surface area contributed by atoms with Crippen LogP contribution in [0.1, 0.15) is 5.56 Å². The van der Waals surface area contributed by atoms with Crippen molar-refractivity contribution >= 4 is 45.5 Å². The summed E-state index contributed by atoms with van der Waals surface area (Å²) >= 11 is 12.2. The number of halogens is 2. The first kappa shape index (κ1) is 15.3. The molecule has 1 heterocycles. The predicted molar refractivity (Wildman–Crippen MR) is 90.5 cm³/mol. The topological polar surface area (TPSA) is 70.8 Å². The van der Waals surface area contributed by atoms with Gasteiger partial charge < -0.3 is 10.1 Å². The van der Waals surface area contributed by atoms with Crippen molar-refractivity contribution in [3.8, 4) is 11.8 Å². The molecule has 7 heteroatoms. The molecule has 0 spiro atoms. The van der Waals surface area contributed by atoms with Crippen molar-refractivity contribution in [2.24, 2.45) is 0 Å². The second-order valence-corrected chi connectivity index (χ2v) is 5.45. The van der Waals surface area contributed by atoms with E-state index in [1.807, 2.05) is 0 Å². The van der Waals surface area contributed by atoms with E-state index < -0.39 is 0 Å². The van der Waals surface area contributed by atoms with Gasteiger partial charge in [0.2, 0.25) is 0 Å². The van der Waals surface area contributed by atoms with Gasteiger partial charge in [0.25, 0.3) is 0 Å². The van der Waals surface area contributed by atoms with Gasteiger partial charge in [-0.05, 0) is 36.4 Å². The average molecular weight is 345 g/mol. The second-order valence-electron chi connectivity index (χ2n) is 4.69. The van der Waals surface area contributed by atoms with Crippen LogP contribution in [0.3, 0.4) is 0 Å². The van der Waals surface area contributed by atoms with Gasteiger partial charge in [-0.1, -0.05) is 23.2 Å². The number of nitrogens with one attached hydrogen (secondary N) is 1. The maximum absolute atomic E-state index is 9.07. The lowest BCUT2D eigenvalue weighted by Gasteiger charge is -2.10. The number of nitriles is 1. The SMILES string of the molecule is COc1ccc(Nc2nnc(Cl)c3ccc(C#N)cc23)cc1Cl. The smallest absolute Gasteiger partial charge is 0.161 e. The lowest BCUT2D eigenvalue weighted by Crippen LogP contribution is -1.98. The predicted octanol–water partition coefficient (Wildman–Crippen LogP) is 4.56. The molecule has 3 aromatic rings. The number of ether oxygens (including phenoxy) is 1. The third-order valence-electron chi connectivity index (χ3n) is 3.28. The van der Waals surface area contributed by atoms with Gasteiger partial charge in [0.05, 0.1) is 23.8 Å². The Morgan fingerprint density at radius 3 is 2.61 bits per heavy atom. The number of anilines is 2. The minimum atomic E-state index is 0.280. The van der Waals surface area contributed by atoms with Gasteiger partial charge in [0, 0.05) is 16.5 Å². The van der Waals surface area contributed by atoms with Crippen molar-refractivity contribution in [1.29, 1.82) is 5.26 Å². The molecule has 0 saturated heterocycles. The fraction of sp³-hybridized carbons (Fsp3) is 0.0625. The first-order valence-electron chi connectivity index (χ1n) is 6.59. The van der Waals surface area contributed by atoms with Crippen LogP contribution >= 0.6 is 23.2 Å². The Hall–Kier alpha value is -2.55. The van der Waals surface area contributed by atoms with Crippen molar-refractivity contribution in [2.45, 2.75) is 0 Å². The summed E-state index contributed by atoms with van der Waals surface area (Å²) < 4.78 is 5.13. The van der Waals surface area contributed by atoms with Gasteiger partial charge >= 0.3 is 0 Å². The maximum atomic E-state index is 9.07. The van der Waals surface area contributed by atoms with Crippen LogP contribution in [0, 0.1) is 11.3 Å². The standard InChI is InChI=1S/C16H10Cl2N4O/c1-23-14-5-3-10(7-13(14)17)20-16-12-6-9(8-19)2-4-11(12)15(18)21-22-16/h2-7H,1H3,(H,20,22). The van der Waals surface area contributed by atoms with Crippen molar-refractivity contribution in [3.05, 3.63) is 52.1 Å². The zero-order chi connectivity index (χ0) is 16.4. The van der Waals surface area contributed by atoms with Gasteiger partial charge in [0.1, 0.15) is 5.75 Å². The number of rotatable bonds is 3. The van der Waals surface area contributed by atoms with E-state index in [2.05, 4.69) is 21.6 Å². The van der Waals surface area contributed by atoms with Crippen LogP contribution in [0.4, 0.5) is 11.5 Å². The van der Waals surface area contributed by atoms with Gasteiger partial charge in [-0.2, -0.15) is 5.26 Å². The Bertz CT molecular complexity index is 937. The second kappa shape index (κ2) is 6.29. The lowest BCUT2D eigenvalue weighted by molar-refractivity contribution is 0.415. The zero-order valence-corrected chi connectivity index (χ0v) is 13.5. The van der Waals surface area contributed by atoms with E-state index >= 15 is 0 Å². The zero-order valence-electron chi connectivity index (χ0n) is 12.0. The van der Waals surface area contributed by atoms with E-state index in [4.69, 9.17) is 33.2 Å². The number of benzene rings is 2. The molecule has 0 aliphatic carbocycles. The van der Waals surface area contributed by atoms with E-state index in [1.54, 1.807) is 43.5 Å². The quantitative estimate of drug-likeness (QED) is 0.753. The van der Waals surface area contributed by atoms with E-state index in [0.717, 1.165) is 5.69 Å². The highest BCUT2D eigenvalue weighted by Gasteiger charge is 2.10. The van der Waals surface area contributed by atoms with E-state index in [-0.39, 0.29) is 5.15 Å². The summed E-state index contributed by atoms with van der Waals surface area (Å²) in [7, 11) is 1.55. The summed E-state index contributed by atoms with van der Waals surface area (Å²) in [6, 6.07) is 12.5. The monoisotopic (exact) mass is 344 g/mol. The van der Waals surface area contributed by atoms with Crippen LogP contribution in [-0.4, -0.2) is 17.3 Å². The van der Waals surface area contributed by atoms with Crippen LogP contribution in [0.25, 0.3) is 10.8 Å². The first-order chi connectivity index (χ1) is 11.1. The molecule has 0 aliphatic heterocycles. The molecule has 0 bridgehead atoms. The summed E-state index contributed by atoms with van der Waals surface area (Å²) in [4.78, 5) is 0. The van der Waals surface area contributed by atoms with E-state index in [0.29, 0.717) is 32.9 Å². The molecule has 0 radical (unpaired) electrons. The number of hydrogen-bond acceptors (Lipinski definition) is 5. The van der Waals surface area contributed by atoms with E-state index in [9.17, 15) is 0 Å². The molecule has 0 fully saturated rings. The molecule has 1 aromatic heterocycles. The highest BCUT2D eigenvalue weighted by Crippen LogP contribution is 2.32. The molecular formula is C16H10Cl2N4O. The summed E-state index contributed by atoms with van der Waals surface area (Å²) in [6.07, 6.45) is 0. The van der Waals surface area contributed by atoms with Crippen molar-refractivity contribution in [2.75, 3.05) is 12.4 Å². The van der Waals surface area contributed by atoms with Crippen molar-refractivity contribution in [1.82, 2.24) is 10.2 Å². The Kier molecular flexibility index (Phi) is 4.20. The Labute approximate surface area is 142 Å². The van der Waals surface area contributed by atoms with Crippen LogP contribution in [0.2, 0.25) is 10.2 Å². The number of hydrogen-bond donors (Lipinski definition) is 1. The van der Waals surface area contributed by atoms with Crippen LogP contribution in [0.15, 0.2) is 36.4 Å². The molecule has 0 saturated carbocycles. The molecule has 0 unspecified atom stereocenters. The Morgan fingerprint density at radius 2 is 1.91 bits per heavy atom. The fourth-order valence-electron chi connectivity index (χ4n) is 2.16. The average Bonchev–Trinajstić information content (AvgIpc) is 2.57. The van der Waals surface area contributed by atoms with Crippen molar-refractivity contribution in [3.63, 3.8) is 0 Å². The summed E-state index contributed by atoms with van der Waals surface area (Å²) in [5.41, 5.74) is 1.23. The molecular weight excluding hydrogens is 335 g/mol. The lowest BCUT2D eigenvalue weighted by atomic mass is 10.1. The Morgan fingerprint density at radius 1 is 1.09 bits per heavy atom. The van der Waals surface area contributed by atoms with E-state index in [1.165, 1.54) is 0 Å². The number of fused-ring (bicyclic) bond motifs is 1. The van der Waals surface area contributed by atoms with Crippen LogP contribution < -0.4 is 10.1 Å². The van der Waals surface area contributed by atoms with Crippen LogP contribution in [-0.2, 0) is 0 Å². The maximum Gasteiger partial charge on any atom is 0.161 e. The fourth-order valence-corrected chi connectivity index (χ4v) is 2.62. The normalized spacial score (nSPS) is 10.3. The number of aromatic nitrogens is 2. The Balaban J connectivity index is 2.08. The van der Waals surface area contributed by atoms with Gasteiger partial charge in [-0.3, -0.25) is 0 Å². The molecule has 0 amide bonds. The third-order valence-corrected chi connectivity index (χ3v) is 3.85. The number of methoxy groups -OCH3 is 1. The molecule has 1 N–H and O–H groups in total. The molecule has 0 aliphatic rings. The largest absolute Gasteiger partial charge is 0.495 e. The highest BCUT2D eigenvalue weighted by atomic mass is 35.5. The first-order valence-corrected chi connectivity index (χ1v) is 7.34. The third kappa shape index (κ3) is 3.00. The molecule has 2 aromatic carbocycles. The molecule has 5 nitrogen and oxygen atoms in total. The highest BCUT2D eigenvalue weighted by molar-refractivity contribution is 6.34. The molecule has 114 valence electrons. The summed E-state index contributed by atoms with van der Waals surface area (Å²) in [5.74, 6) is 1.07. The van der Waals surface area contributed by atoms with Crippen LogP contribution in [0.5, 0.6) is 5.75 Å². The summed E-state index contributed by atoms with van der Waals surface area (Å²) in [6.45, 7) is 0. The van der Waals surface area contributed by atoms with Gasteiger partial charge in [-0.15, -0.1) is 10.2 Å². The minimum absolute atomic E-state index is 0.280. The summed E-state index contributed by atoms with van der Waals surface area (Å²) in [5, 5.41) is 22.4.